The molecule has 0 spiro atoms. The fraction of sp³-hybridized carbons (Fsp3) is 0.167. The van der Waals surface area contributed by atoms with Gasteiger partial charge in [-0.1, -0.05) is 36.4 Å². The molecule has 0 radical (unpaired) electrons. The summed E-state index contributed by atoms with van der Waals surface area (Å²) >= 11 is 0. The van der Waals surface area contributed by atoms with E-state index in [2.05, 4.69) is 0 Å². The zero-order chi connectivity index (χ0) is 21.8. The maximum Gasteiger partial charge on any atom is 0.266 e. The van der Waals surface area contributed by atoms with Crippen molar-refractivity contribution in [1.82, 2.24) is 0 Å². The molecule has 2 saturated heterocycles. The fourth-order valence-corrected chi connectivity index (χ4v) is 4.45. The predicted molar refractivity (Wildman–Crippen MR) is 112 cm³/mol. The highest BCUT2D eigenvalue weighted by Crippen LogP contribution is 2.56. The lowest BCUT2D eigenvalue weighted by molar-refractivity contribution is -0.128. The van der Waals surface area contributed by atoms with Crippen LogP contribution in [0.4, 0.5) is 15.8 Å². The third kappa shape index (κ3) is 2.74. The Bertz CT molecular complexity index is 1170. The Hall–Kier alpha value is -3.71. The average Bonchev–Trinajstić information content (AvgIpc) is 3.19. The minimum Gasteiger partial charge on any atom is -0.508 e. The minimum atomic E-state index is -1.32. The van der Waals surface area contributed by atoms with Crippen LogP contribution in [-0.2, 0) is 14.4 Å². The number of benzene rings is 3. The molecule has 31 heavy (non-hydrogen) atoms. The van der Waals surface area contributed by atoms with Crippen LogP contribution in [0.15, 0.2) is 78.9 Å². The van der Waals surface area contributed by atoms with Gasteiger partial charge in [-0.25, -0.2) is 14.4 Å². The number of hydroxylamine groups is 1. The summed E-state index contributed by atoms with van der Waals surface area (Å²) in [6, 6.07) is 20.2. The van der Waals surface area contributed by atoms with Gasteiger partial charge in [0.25, 0.3) is 5.91 Å². The molecule has 2 aliphatic rings. The molecule has 1 N–H and O–H groups in total. The van der Waals surface area contributed by atoms with Crippen LogP contribution in [0.1, 0.15) is 18.5 Å². The summed E-state index contributed by atoms with van der Waals surface area (Å²) in [7, 11) is 0. The van der Waals surface area contributed by atoms with Crippen molar-refractivity contribution in [3.8, 4) is 5.75 Å². The number of carbonyl (C=O) groups is 2. The SMILES string of the molecule is C[C@]12C(=O)N(c3ccc(F)cc3)C(=O)[C@H]1ON(c1ccccc1)[C@H]2c1ccccc1O. The molecule has 0 saturated carbocycles. The molecular weight excluding hydrogens is 399 g/mol. The lowest BCUT2D eigenvalue weighted by Gasteiger charge is -2.33. The van der Waals surface area contributed by atoms with Crippen molar-refractivity contribution in [1.29, 1.82) is 0 Å². The molecule has 2 fully saturated rings. The molecule has 3 atom stereocenters. The third-order valence-electron chi connectivity index (χ3n) is 6.00. The van der Waals surface area contributed by atoms with Gasteiger partial charge in [0.1, 0.15) is 23.0 Å². The number of amides is 2. The predicted octanol–water partition coefficient (Wildman–Crippen LogP) is 3.97. The second-order valence-electron chi connectivity index (χ2n) is 7.85. The van der Waals surface area contributed by atoms with E-state index in [0.717, 1.165) is 4.90 Å². The molecule has 2 heterocycles. The highest BCUT2D eigenvalue weighted by atomic mass is 19.1. The number of phenolic OH excluding ortho intramolecular Hbond substituents is 1. The Morgan fingerprint density at radius 1 is 0.903 bits per heavy atom. The number of hydrogen-bond donors (Lipinski definition) is 1. The molecule has 156 valence electrons. The third-order valence-corrected chi connectivity index (χ3v) is 6.00. The zero-order valence-electron chi connectivity index (χ0n) is 16.6. The molecule has 2 amide bonds. The van der Waals surface area contributed by atoms with Crippen LogP contribution >= 0.6 is 0 Å². The first-order valence-electron chi connectivity index (χ1n) is 9.86. The standard InChI is InChI=1S/C24H19FN2O4/c1-24-20(18-9-5-6-10-19(18)28)27(17-7-3-2-4-8-17)31-21(24)22(29)26(23(24)30)16-13-11-15(25)12-14-16/h2-14,20-21,28H,1H3/t20-,21+,24+/m0/s1. The number of fused-ring (bicyclic) bond motifs is 1. The molecule has 2 aliphatic heterocycles. The molecule has 0 bridgehead atoms. The van der Waals surface area contributed by atoms with E-state index in [4.69, 9.17) is 4.84 Å². The van der Waals surface area contributed by atoms with Crippen LogP contribution in [0.3, 0.4) is 0 Å². The maximum absolute atomic E-state index is 13.7. The number of halogens is 1. The number of hydrogen-bond acceptors (Lipinski definition) is 5. The monoisotopic (exact) mass is 418 g/mol. The van der Waals surface area contributed by atoms with Gasteiger partial charge >= 0.3 is 0 Å². The lowest BCUT2D eigenvalue weighted by Crippen LogP contribution is -2.41. The van der Waals surface area contributed by atoms with E-state index in [1.165, 1.54) is 35.4 Å². The number of para-hydroxylation sites is 2. The van der Waals surface area contributed by atoms with Crippen LogP contribution in [0, 0.1) is 11.2 Å². The van der Waals surface area contributed by atoms with Gasteiger partial charge in [-0.3, -0.25) is 14.4 Å². The van der Waals surface area contributed by atoms with E-state index in [0.29, 0.717) is 11.3 Å². The first-order valence-corrected chi connectivity index (χ1v) is 9.86. The van der Waals surface area contributed by atoms with Gasteiger partial charge in [0.2, 0.25) is 5.91 Å². The summed E-state index contributed by atoms with van der Waals surface area (Å²) in [5, 5.41) is 12.1. The van der Waals surface area contributed by atoms with Crippen LogP contribution in [0.5, 0.6) is 5.75 Å². The molecule has 5 rings (SSSR count). The van der Waals surface area contributed by atoms with Crippen molar-refractivity contribution in [3.05, 3.63) is 90.2 Å². The largest absolute Gasteiger partial charge is 0.508 e. The van der Waals surface area contributed by atoms with Crippen LogP contribution in [0.25, 0.3) is 0 Å². The van der Waals surface area contributed by atoms with Gasteiger partial charge < -0.3 is 5.11 Å². The first kappa shape index (κ1) is 19.3. The first-order chi connectivity index (χ1) is 14.9. The van der Waals surface area contributed by atoms with E-state index in [1.807, 2.05) is 30.3 Å². The van der Waals surface area contributed by atoms with Crippen LogP contribution < -0.4 is 9.96 Å². The molecule has 6 nitrogen and oxygen atoms in total. The molecule has 0 aliphatic carbocycles. The van der Waals surface area contributed by atoms with Gasteiger partial charge in [0.05, 0.1) is 11.4 Å². The van der Waals surface area contributed by atoms with Crippen LogP contribution in [-0.4, -0.2) is 23.0 Å². The topological polar surface area (TPSA) is 70.1 Å². The lowest BCUT2D eigenvalue weighted by atomic mass is 9.76. The quantitative estimate of drug-likeness (QED) is 0.652. The van der Waals surface area contributed by atoms with Gasteiger partial charge in [-0.05, 0) is 49.4 Å². The molecule has 0 unspecified atom stereocenters. The summed E-state index contributed by atoms with van der Waals surface area (Å²) in [6.45, 7) is 1.67. The smallest absolute Gasteiger partial charge is 0.266 e. The van der Waals surface area contributed by atoms with E-state index >= 15 is 0 Å². The van der Waals surface area contributed by atoms with Crippen molar-refractivity contribution < 1.29 is 23.9 Å². The summed E-state index contributed by atoms with van der Waals surface area (Å²) in [5.74, 6) is -1.47. The number of carbonyl (C=O) groups excluding carboxylic acids is 2. The Morgan fingerprint density at radius 3 is 2.23 bits per heavy atom. The molecular formula is C24H19FN2O4. The second kappa shape index (κ2) is 6.92. The second-order valence-corrected chi connectivity index (χ2v) is 7.85. The van der Waals surface area contributed by atoms with Crippen molar-refractivity contribution >= 4 is 23.2 Å². The molecule has 7 heteroatoms. The minimum absolute atomic E-state index is 0.000567. The van der Waals surface area contributed by atoms with E-state index in [1.54, 1.807) is 25.1 Å². The van der Waals surface area contributed by atoms with E-state index < -0.39 is 35.2 Å². The van der Waals surface area contributed by atoms with Crippen molar-refractivity contribution in [3.63, 3.8) is 0 Å². The zero-order valence-corrected chi connectivity index (χ0v) is 16.6. The maximum atomic E-state index is 13.7. The molecule has 3 aromatic carbocycles. The summed E-state index contributed by atoms with van der Waals surface area (Å²) in [6.07, 6.45) is -1.10. The summed E-state index contributed by atoms with van der Waals surface area (Å²) < 4.78 is 13.4. The highest BCUT2D eigenvalue weighted by Gasteiger charge is 2.69. The number of anilines is 2. The van der Waals surface area contributed by atoms with E-state index in [9.17, 15) is 19.1 Å². The fourth-order valence-electron chi connectivity index (χ4n) is 4.45. The van der Waals surface area contributed by atoms with Gasteiger partial charge in [0, 0.05) is 5.56 Å². The Labute approximate surface area is 178 Å². The number of imide groups is 1. The summed E-state index contributed by atoms with van der Waals surface area (Å²) in [5.41, 5.74) is 0.0804. The van der Waals surface area contributed by atoms with Crippen molar-refractivity contribution in [2.24, 2.45) is 5.41 Å². The summed E-state index contributed by atoms with van der Waals surface area (Å²) in [4.78, 5) is 34.2. The number of aromatic hydroxyl groups is 1. The average molecular weight is 418 g/mol. The van der Waals surface area contributed by atoms with Gasteiger partial charge in [-0.15, -0.1) is 0 Å². The Balaban J connectivity index is 1.66. The normalized spacial score (nSPS) is 25.2. The van der Waals surface area contributed by atoms with Gasteiger partial charge in [0.15, 0.2) is 6.10 Å². The van der Waals surface area contributed by atoms with E-state index in [-0.39, 0.29) is 11.4 Å². The number of rotatable bonds is 3. The Kier molecular flexibility index (Phi) is 4.30. The van der Waals surface area contributed by atoms with Crippen molar-refractivity contribution in [2.45, 2.75) is 19.1 Å². The highest BCUT2D eigenvalue weighted by molar-refractivity contribution is 6.25. The van der Waals surface area contributed by atoms with Crippen LogP contribution in [0.2, 0.25) is 0 Å². The van der Waals surface area contributed by atoms with Crippen molar-refractivity contribution in [2.75, 3.05) is 9.96 Å². The Morgan fingerprint density at radius 2 is 1.55 bits per heavy atom. The number of phenols is 1. The number of nitrogens with zero attached hydrogens (tertiary/aromatic N) is 2. The molecule has 3 aromatic rings. The van der Waals surface area contributed by atoms with Gasteiger partial charge in [-0.2, -0.15) is 0 Å². The molecule has 0 aromatic heterocycles.